The molecule has 4 aromatic rings. The van der Waals surface area contributed by atoms with Gasteiger partial charge in [-0.15, -0.1) is 0 Å². The molecule has 0 aliphatic heterocycles. The van der Waals surface area contributed by atoms with E-state index in [4.69, 9.17) is 11.6 Å². The fourth-order valence-electron chi connectivity index (χ4n) is 3.00. The summed E-state index contributed by atoms with van der Waals surface area (Å²) in [5.74, 6) is -0.422. The fraction of sp³-hybridized carbons (Fsp3) is 0.150. The average Bonchev–Trinajstić information content (AvgIpc) is 3.26. The van der Waals surface area contributed by atoms with Crippen LogP contribution in [0.5, 0.6) is 0 Å². The second-order valence-electron chi connectivity index (χ2n) is 6.43. The van der Waals surface area contributed by atoms with Crippen molar-refractivity contribution in [2.75, 3.05) is 5.32 Å². The number of amides is 1. The molecular weight excluding hydrogens is 381 g/mol. The minimum atomic E-state index is -0.286. The number of hydrogen-bond donors (Lipinski definition) is 1. The summed E-state index contributed by atoms with van der Waals surface area (Å²) in [5, 5.41) is 12.9. The van der Waals surface area contributed by atoms with E-state index >= 15 is 0 Å². The van der Waals surface area contributed by atoms with Gasteiger partial charge in [0.05, 0.1) is 36.7 Å². The predicted octanol–water partition coefficient (Wildman–Crippen LogP) is 4.10. The summed E-state index contributed by atoms with van der Waals surface area (Å²) in [7, 11) is 0. The van der Waals surface area contributed by atoms with Gasteiger partial charge in [0, 0.05) is 23.0 Å². The smallest absolute Gasteiger partial charge is 0.226 e. The first-order valence-electron chi connectivity index (χ1n) is 8.75. The largest absolute Gasteiger partial charge is 0.323 e. The summed E-state index contributed by atoms with van der Waals surface area (Å²) in [5.41, 5.74) is 2.32. The van der Waals surface area contributed by atoms with Crippen LogP contribution in [-0.4, -0.2) is 25.5 Å². The number of nitrogens with zero attached hydrogens (tertiary/aromatic N) is 4. The van der Waals surface area contributed by atoms with E-state index < -0.39 is 0 Å². The molecule has 0 radical (unpaired) electrons. The molecule has 8 heteroatoms. The Kier molecular flexibility index (Phi) is 5.08. The molecule has 0 fully saturated rings. The molecule has 4 rings (SSSR count). The van der Waals surface area contributed by atoms with Gasteiger partial charge in [-0.3, -0.25) is 14.2 Å². The minimum absolute atomic E-state index is 0.136. The number of fused-ring (bicyclic) bond motifs is 1. The van der Waals surface area contributed by atoms with Crippen LogP contribution in [0.15, 0.2) is 61.1 Å². The molecule has 28 heavy (non-hydrogen) atoms. The van der Waals surface area contributed by atoms with Crippen LogP contribution in [0.3, 0.4) is 0 Å². The summed E-state index contributed by atoms with van der Waals surface area (Å²) in [6.45, 7) is 0.879. The normalized spacial score (nSPS) is 11.1. The van der Waals surface area contributed by atoms with Crippen molar-refractivity contribution in [1.82, 2.24) is 19.6 Å². The quantitative estimate of drug-likeness (QED) is 0.532. The number of carbonyl (C=O) groups is 1. The van der Waals surface area contributed by atoms with E-state index in [1.807, 2.05) is 18.2 Å². The van der Waals surface area contributed by atoms with E-state index in [2.05, 4.69) is 15.5 Å². The lowest BCUT2D eigenvalue weighted by Gasteiger charge is -2.05. The van der Waals surface area contributed by atoms with Crippen LogP contribution in [0.25, 0.3) is 10.9 Å². The van der Waals surface area contributed by atoms with Gasteiger partial charge in [0.1, 0.15) is 5.82 Å². The number of carbonyl (C=O) groups excluding carboxylic acids is 1. The Morgan fingerprint density at radius 2 is 2.04 bits per heavy atom. The lowest BCUT2D eigenvalue weighted by Crippen LogP contribution is -2.14. The van der Waals surface area contributed by atoms with Crippen molar-refractivity contribution in [2.24, 2.45) is 0 Å². The minimum Gasteiger partial charge on any atom is -0.323 e. The molecule has 1 N–H and O–H groups in total. The second-order valence-corrected chi connectivity index (χ2v) is 6.86. The zero-order valence-corrected chi connectivity index (χ0v) is 15.6. The highest BCUT2D eigenvalue weighted by atomic mass is 35.5. The summed E-state index contributed by atoms with van der Waals surface area (Å²) >= 11 is 5.98. The highest BCUT2D eigenvalue weighted by molar-refractivity contribution is 6.31. The highest BCUT2D eigenvalue weighted by Crippen LogP contribution is 2.19. The van der Waals surface area contributed by atoms with E-state index in [-0.39, 0.29) is 18.1 Å². The van der Waals surface area contributed by atoms with Gasteiger partial charge in [-0.25, -0.2) is 4.39 Å². The third-order valence-corrected chi connectivity index (χ3v) is 4.54. The molecule has 1 amide bonds. The molecule has 0 aliphatic rings. The van der Waals surface area contributed by atoms with Crippen molar-refractivity contribution >= 4 is 34.1 Å². The molecule has 0 spiro atoms. The maximum atomic E-state index is 13.3. The molecule has 0 unspecified atom stereocenters. The molecule has 2 aromatic carbocycles. The van der Waals surface area contributed by atoms with E-state index in [1.54, 1.807) is 40.1 Å². The van der Waals surface area contributed by atoms with Gasteiger partial charge in [0.25, 0.3) is 0 Å². The number of rotatable bonds is 6. The molecule has 0 aliphatic carbocycles. The van der Waals surface area contributed by atoms with Crippen LogP contribution in [0, 0.1) is 5.82 Å². The van der Waals surface area contributed by atoms with E-state index in [0.29, 0.717) is 23.8 Å². The third-order valence-electron chi connectivity index (χ3n) is 4.31. The van der Waals surface area contributed by atoms with E-state index in [9.17, 15) is 9.18 Å². The maximum Gasteiger partial charge on any atom is 0.226 e. The predicted molar refractivity (Wildman–Crippen MR) is 106 cm³/mol. The molecule has 6 nitrogen and oxygen atoms in total. The molecule has 2 aromatic heterocycles. The van der Waals surface area contributed by atoms with Crippen molar-refractivity contribution in [3.8, 4) is 0 Å². The van der Waals surface area contributed by atoms with Crippen molar-refractivity contribution < 1.29 is 9.18 Å². The molecule has 0 atom stereocenters. The second kappa shape index (κ2) is 7.82. The Morgan fingerprint density at radius 3 is 2.89 bits per heavy atom. The third kappa shape index (κ3) is 4.20. The lowest BCUT2D eigenvalue weighted by molar-refractivity contribution is -0.116. The Balaban J connectivity index is 1.34. The van der Waals surface area contributed by atoms with Crippen molar-refractivity contribution in [1.29, 1.82) is 0 Å². The van der Waals surface area contributed by atoms with E-state index in [0.717, 1.165) is 16.5 Å². The standard InChI is InChI=1S/C20H17ClFN5O/c21-16-4-5-19-15(9-16)10-24-27(19)7-6-20(28)25-18-11-23-26(13-18)12-14-2-1-3-17(22)8-14/h1-5,8-11,13H,6-7,12H2,(H,25,28). The molecule has 0 saturated heterocycles. The van der Waals surface area contributed by atoms with Crippen molar-refractivity contribution in [3.05, 3.63) is 77.5 Å². The summed E-state index contributed by atoms with van der Waals surface area (Å²) in [4.78, 5) is 12.3. The van der Waals surface area contributed by atoms with Gasteiger partial charge in [-0.2, -0.15) is 10.2 Å². The van der Waals surface area contributed by atoms with Gasteiger partial charge in [-0.1, -0.05) is 23.7 Å². The van der Waals surface area contributed by atoms with Crippen LogP contribution in [0.1, 0.15) is 12.0 Å². The maximum absolute atomic E-state index is 13.3. The summed E-state index contributed by atoms with van der Waals surface area (Å²) in [6.07, 6.45) is 5.29. The van der Waals surface area contributed by atoms with Crippen molar-refractivity contribution in [3.63, 3.8) is 0 Å². The first-order valence-corrected chi connectivity index (χ1v) is 9.12. The number of halogens is 2. The van der Waals surface area contributed by atoms with Gasteiger partial charge < -0.3 is 5.32 Å². The molecule has 0 saturated carbocycles. The first-order chi connectivity index (χ1) is 13.6. The summed E-state index contributed by atoms with van der Waals surface area (Å²) in [6, 6.07) is 11.9. The van der Waals surface area contributed by atoms with Crippen LogP contribution in [-0.2, 0) is 17.9 Å². The number of benzene rings is 2. The Hall–Kier alpha value is -3.19. The lowest BCUT2D eigenvalue weighted by atomic mass is 10.2. The zero-order chi connectivity index (χ0) is 19.5. The van der Waals surface area contributed by atoms with E-state index in [1.165, 1.54) is 12.1 Å². The monoisotopic (exact) mass is 397 g/mol. The SMILES string of the molecule is O=C(CCn1ncc2cc(Cl)ccc21)Nc1cnn(Cc2cccc(F)c2)c1. The Labute approximate surface area is 165 Å². The first kappa shape index (κ1) is 18.2. The van der Waals surface area contributed by atoms with Gasteiger partial charge in [0.15, 0.2) is 0 Å². The average molecular weight is 398 g/mol. The molecule has 0 bridgehead atoms. The van der Waals surface area contributed by atoms with Crippen LogP contribution in [0.2, 0.25) is 5.02 Å². The Morgan fingerprint density at radius 1 is 1.14 bits per heavy atom. The molecule has 2 heterocycles. The van der Waals surface area contributed by atoms with Crippen LogP contribution < -0.4 is 5.32 Å². The highest BCUT2D eigenvalue weighted by Gasteiger charge is 2.08. The van der Waals surface area contributed by atoms with Gasteiger partial charge >= 0.3 is 0 Å². The Bertz CT molecular complexity index is 1140. The fourth-order valence-corrected chi connectivity index (χ4v) is 3.18. The van der Waals surface area contributed by atoms with Crippen LogP contribution >= 0.6 is 11.6 Å². The number of aromatic nitrogens is 4. The zero-order valence-electron chi connectivity index (χ0n) is 14.8. The molecule has 142 valence electrons. The van der Waals surface area contributed by atoms with Crippen LogP contribution in [0.4, 0.5) is 10.1 Å². The number of hydrogen-bond acceptors (Lipinski definition) is 3. The number of nitrogens with one attached hydrogen (secondary N) is 1. The number of aryl methyl sites for hydroxylation is 1. The van der Waals surface area contributed by atoms with Gasteiger partial charge in [-0.05, 0) is 35.9 Å². The number of anilines is 1. The molecular formula is C20H17ClFN5O. The van der Waals surface area contributed by atoms with Gasteiger partial charge in [0.2, 0.25) is 5.91 Å². The van der Waals surface area contributed by atoms with Crippen molar-refractivity contribution in [2.45, 2.75) is 19.5 Å². The topological polar surface area (TPSA) is 64.7 Å². The summed E-state index contributed by atoms with van der Waals surface area (Å²) < 4.78 is 16.7.